The van der Waals surface area contributed by atoms with Crippen LogP contribution in [0.4, 0.5) is 0 Å². The van der Waals surface area contributed by atoms with Gasteiger partial charge in [-0.2, -0.15) is 0 Å². The molecule has 0 amide bonds. The number of aromatic hydroxyl groups is 1. The molecule has 0 bridgehead atoms. The maximum atomic E-state index is 11.9. The second kappa shape index (κ2) is 6.64. The van der Waals surface area contributed by atoms with E-state index in [9.17, 15) is 9.90 Å². The summed E-state index contributed by atoms with van der Waals surface area (Å²) in [6.45, 7) is 3.62. The molecule has 6 nitrogen and oxygen atoms in total. The smallest absolute Gasteiger partial charge is 0.343 e. The van der Waals surface area contributed by atoms with Crippen molar-refractivity contribution in [2.75, 3.05) is 0 Å². The van der Waals surface area contributed by atoms with Gasteiger partial charge in [0, 0.05) is 23.3 Å². The van der Waals surface area contributed by atoms with Gasteiger partial charge in [-0.25, -0.2) is 4.79 Å². The molecule has 3 aromatic heterocycles. The average molecular weight is 363 g/mol. The van der Waals surface area contributed by atoms with Crippen molar-refractivity contribution in [3.05, 3.63) is 75.9 Å². The molecule has 0 fully saturated rings. The lowest BCUT2D eigenvalue weighted by Gasteiger charge is -2.05. The molecular weight excluding hydrogens is 346 g/mol. The van der Waals surface area contributed by atoms with Crippen LogP contribution in [0.1, 0.15) is 16.7 Å². The minimum Gasteiger partial charge on any atom is -0.507 e. The van der Waals surface area contributed by atoms with Crippen LogP contribution < -0.4 is 10.4 Å². The lowest BCUT2D eigenvalue weighted by molar-refractivity contribution is 0.306. The molecule has 0 aliphatic rings. The first-order valence-electron chi connectivity index (χ1n) is 8.42. The van der Waals surface area contributed by atoms with E-state index < -0.39 is 5.63 Å². The Balaban J connectivity index is 1.66. The van der Waals surface area contributed by atoms with Crippen LogP contribution in [0.5, 0.6) is 11.5 Å². The molecule has 27 heavy (non-hydrogen) atoms. The van der Waals surface area contributed by atoms with Crippen LogP contribution in [0.25, 0.3) is 22.5 Å². The van der Waals surface area contributed by atoms with Crippen LogP contribution in [-0.2, 0) is 6.61 Å². The standard InChI is InChI=1S/C21H17NO5/c1-12-19(23)13(2)21(24)27-20(12)18-10-15-9-16(3-4-17(15)26-18)25-11-14-5-7-22-8-6-14/h3-10,23H,11H2,1-2H3. The van der Waals surface area contributed by atoms with E-state index in [1.807, 2.05) is 24.3 Å². The van der Waals surface area contributed by atoms with E-state index in [4.69, 9.17) is 13.6 Å². The van der Waals surface area contributed by atoms with Crippen molar-refractivity contribution in [3.8, 4) is 23.0 Å². The minimum atomic E-state index is -0.588. The zero-order valence-electron chi connectivity index (χ0n) is 14.9. The quantitative estimate of drug-likeness (QED) is 0.580. The van der Waals surface area contributed by atoms with E-state index in [1.165, 1.54) is 6.92 Å². The van der Waals surface area contributed by atoms with Gasteiger partial charge in [0.05, 0.1) is 5.56 Å². The van der Waals surface area contributed by atoms with Crippen molar-refractivity contribution in [1.29, 1.82) is 0 Å². The molecule has 0 aliphatic carbocycles. The highest BCUT2D eigenvalue weighted by Crippen LogP contribution is 2.34. The second-order valence-electron chi connectivity index (χ2n) is 6.27. The molecule has 136 valence electrons. The van der Waals surface area contributed by atoms with E-state index >= 15 is 0 Å². The van der Waals surface area contributed by atoms with Crippen molar-refractivity contribution in [2.24, 2.45) is 0 Å². The first-order chi connectivity index (χ1) is 13.0. The average Bonchev–Trinajstić information content (AvgIpc) is 3.11. The zero-order valence-corrected chi connectivity index (χ0v) is 14.9. The van der Waals surface area contributed by atoms with E-state index in [2.05, 4.69) is 4.98 Å². The van der Waals surface area contributed by atoms with Gasteiger partial charge >= 0.3 is 5.63 Å². The molecule has 0 saturated carbocycles. The maximum absolute atomic E-state index is 11.9. The molecule has 0 unspecified atom stereocenters. The topological polar surface area (TPSA) is 85.7 Å². The fourth-order valence-corrected chi connectivity index (χ4v) is 2.84. The molecule has 3 heterocycles. The first-order valence-corrected chi connectivity index (χ1v) is 8.42. The fraction of sp³-hybridized carbons (Fsp3) is 0.143. The molecule has 4 aromatic rings. The summed E-state index contributed by atoms with van der Waals surface area (Å²) in [7, 11) is 0. The van der Waals surface area contributed by atoms with Crippen molar-refractivity contribution >= 4 is 11.0 Å². The number of fused-ring (bicyclic) bond motifs is 1. The van der Waals surface area contributed by atoms with Gasteiger partial charge in [-0.15, -0.1) is 0 Å². The molecule has 1 N–H and O–H groups in total. The predicted molar refractivity (Wildman–Crippen MR) is 99.9 cm³/mol. The van der Waals surface area contributed by atoms with E-state index in [0.717, 1.165) is 10.9 Å². The molecular formula is C21H17NO5. The summed E-state index contributed by atoms with van der Waals surface area (Å²) in [4.78, 5) is 15.9. The summed E-state index contributed by atoms with van der Waals surface area (Å²) >= 11 is 0. The highest BCUT2D eigenvalue weighted by molar-refractivity contribution is 5.84. The van der Waals surface area contributed by atoms with Crippen molar-refractivity contribution in [2.45, 2.75) is 20.5 Å². The van der Waals surface area contributed by atoms with Gasteiger partial charge in [0.25, 0.3) is 0 Å². The Hall–Kier alpha value is -3.54. The summed E-state index contributed by atoms with van der Waals surface area (Å²) in [6.07, 6.45) is 3.44. The maximum Gasteiger partial charge on any atom is 0.343 e. The Bertz CT molecular complexity index is 1170. The largest absolute Gasteiger partial charge is 0.507 e. The Labute approximate surface area is 154 Å². The number of aromatic nitrogens is 1. The Morgan fingerprint density at radius 3 is 2.59 bits per heavy atom. The van der Waals surface area contributed by atoms with Crippen molar-refractivity contribution in [1.82, 2.24) is 4.98 Å². The Morgan fingerprint density at radius 1 is 1.04 bits per heavy atom. The fourth-order valence-electron chi connectivity index (χ4n) is 2.84. The van der Waals surface area contributed by atoms with Gasteiger partial charge in [0.2, 0.25) is 0 Å². The minimum absolute atomic E-state index is 0.0805. The van der Waals surface area contributed by atoms with Gasteiger partial charge in [0.15, 0.2) is 11.5 Å². The molecule has 6 heteroatoms. The van der Waals surface area contributed by atoms with Gasteiger partial charge in [-0.3, -0.25) is 4.98 Å². The van der Waals surface area contributed by atoms with Crippen LogP contribution in [0, 0.1) is 13.8 Å². The highest BCUT2D eigenvalue weighted by atomic mass is 16.5. The van der Waals surface area contributed by atoms with Crippen molar-refractivity contribution in [3.63, 3.8) is 0 Å². The highest BCUT2D eigenvalue weighted by Gasteiger charge is 2.18. The Kier molecular flexibility index (Phi) is 4.16. The summed E-state index contributed by atoms with van der Waals surface area (Å²) in [5, 5.41) is 10.9. The monoisotopic (exact) mass is 363 g/mol. The third kappa shape index (κ3) is 3.17. The third-order valence-electron chi connectivity index (χ3n) is 4.42. The van der Waals surface area contributed by atoms with E-state index in [1.54, 1.807) is 31.5 Å². The lowest BCUT2D eigenvalue weighted by atomic mass is 10.1. The van der Waals surface area contributed by atoms with E-state index in [0.29, 0.717) is 29.3 Å². The number of hydrogen-bond donors (Lipinski definition) is 1. The normalized spacial score (nSPS) is 11.0. The van der Waals surface area contributed by atoms with Crippen LogP contribution in [-0.4, -0.2) is 10.1 Å². The number of pyridine rings is 1. The number of hydrogen-bond acceptors (Lipinski definition) is 6. The van der Waals surface area contributed by atoms with Crippen LogP contribution in [0.2, 0.25) is 0 Å². The molecule has 0 saturated heterocycles. The molecule has 1 aromatic carbocycles. The van der Waals surface area contributed by atoms with Crippen LogP contribution >= 0.6 is 0 Å². The van der Waals surface area contributed by atoms with Gasteiger partial charge < -0.3 is 18.7 Å². The van der Waals surface area contributed by atoms with Crippen LogP contribution in [0.3, 0.4) is 0 Å². The summed E-state index contributed by atoms with van der Waals surface area (Å²) in [5.74, 6) is 1.21. The van der Waals surface area contributed by atoms with Gasteiger partial charge in [-0.05, 0) is 55.8 Å². The molecule has 0 radical (unpaired) electrons. The zero-order chi connectivity index (χ0) is 19.0. The number of nitrogens with zero attached hydrogens (tertiary/aromatic N) is 1. The molecule has 0 spiro atoms. The SMILES string of the molecule is Cc1c(-c2cc3cc(OCc4ccncc4)ccc3o2)oc(=O)c(C)c1O. The van der Waals surface area contributed by atoms with E-state index in [-0.39, 0.29) is 17.1 Å². The third-order valence-corrected chi connectivity index (χ3v) is 4.42. The second-order valence-corrected chi connectivity index (χ2v) is 6.27. The molecule has 0 aliphatic heterocycles. The van der Waals surface area contributed by atoms with Gasteiger partial charge in [0.1, 0.15) is 23.7 Å². The summed E-state index contributed by atoms with van der Waals surface area (Å²) in [5.41, 5.74) is 1.70. The summed E-state index contributed by atoms with van der Waals surface area (Å²) in [6, 6.07) is 11.0. The number of furan rings is 1. The summed E-state index contributed by atoms with van der Waals surface area (Å²) < 4.78 is 16.9. The lowest BCUT2D eigenvalue weighted by Crippen LogP contribution is -2.05. The van der Waals surface area contributed by atoms with Crippen LogP contribution in [0.15, 0.2) is 62.4 Å². The number of rotatable bonds is 4. The number of benzene rings is 1. The van der Waals surface area contributed by atoms with Crippen molar-refractivity contribution < 1.29 is 18.7 Å². The Morgan fingerprint density at radius 2 is 1.81 bits per heavy atom. The predicted octanol–water partition coefficient (Wildman–Crippen LogP) is 4.35. The number of ether oxygens (including phenoxy) is 1. The molecule has 0 atom stereocenters. The molecule has 4 rings (SSSR count). The van der Waals surface area contributed by atoms with Gasteiger partial charge in [-0.1, -0.05) is 0 Å². The first kappa shape index (κ1) is 16.9.